The van der Waals surface area contributed by atoms with E-state index < -0.39 is 0 Å². The molecule has 0 radical (unpaired) electrons. The third-order valence-corrected chi connectivity index (χ3v) is 5.66. The van der Waals surface area contributed by atoms with Gasteiger partial charge in [0.15, 0.2) is 0 Å². The number of hydrogen-bond donors (Lipinski definition) is 1. The van der Waals surface area contributed by atoms with Crippen LogP contribution in [0.4, 0.5) is 4.79 Å². The van der Waals surface area contributed by atoms with Crippen molar-refractivity contribution in [3.8, 4) is 22.4 Å². The van der Waals surface area contributed by atoms with Gasteiger partial charge < -0.3 is 9.72 Å². The van der Waals surface area contributed by atoms with Crippen molar-refractivity contribution in [1.82, 2.24) is 14.9 Å². The molecule has 1 aliphatic rings. The number of carbonyl (C=O) groups excluding carboxylic acids is 1. The van der Waals surface area contributed by atoms with Crippen LogP contribution in [-0.4, -0.2) is 34.1 Å². The Balaban J connectivity index is 1.49. The predicted octanol–water partition coefficient (Wildman–Crippen LogP) is 6.21. The lowest BCUT2D eigenvalue weighted by atomic mass is 10.0. The Hall–Kier alpha value is -3.08. The predicted molar refractivity (Wildman–Crippen MR) is 119 cm³/mol. The number of aromatic nitrogens is 2. The molecule has 1 saturated heterocycles. The summed E-state index contributed by atoms with van der Waals surface area (Å²) < 4.78 is 5.47. The number of nitrogens with one attached hydrogen (secondary N) is 1. The second-order valence-electron chi connectivity index (χ2n) is 7.79. The second-order valence-corrected chi connectivity index (χ2v) is 7.79. The van der Waals surface area contributed by atoms with Gasteiger partial charge in [-0.15, -0.1) is 0 Å². The van der Waals surface area contributed by atoms with Gasteiger partial charge in [0, 0.05) is 18.3 Å². The molecule has 1 amide bonds. The molecule has 1 unspecified atom stereocenters. The van der Waals surface area contributed by atoms with Gasteiger partial charge in [-0.2, -0.15) is 0 Å². The largest absolute Gasteiger partial charge is 0.449 e. The zero-order valence-electron chi connectivity index (χ0n) is 17.5. The Labute approximate surface area is 178 Å². The second kappa shape index (κ2) is 9.61. The molecule has 4 rings (SSSR count). The topological polar surface area (TPSA) is 58.2 Å². The Morgan fingerprint density at radius 1 is 1.07 bits per heavy atom. The van der Waals surface area contributed by atoms with E-state index in [1.54, 1.807) is 0 Å². The molecule has 1 atom stereocenters. The van der Waals surface area contributed by atoms with Gasteiger partial charge in [0.1, 0.15) is 5.82 Å². The fourth-order valence-corrected chi connectivity index (χ4v) is 3.94. The third kappa shape index (κ3) is 4.56. The summed E-state index contributed by atoms with van der Waals surface area (Å²) in [6, 6.07) is 18.7. The first kappa shape index (κ1) is 20.2. The lowest BCUT2D eigenvalue weighted by Crippen LogP contribution is -2.39. The molecule has 0 saturated carbocycles. The summed E-state index contributed by atoms with van der Waals surface area (Å²) >= 11 is 0. The van der Waals surface area contributed by atoms with Crippen molar-refractivity contribution in [2.45, 2.75) is 45.1 Å². The number of benzene rings is 2. The number of piperidine rings is 1. The highest BCUT2D eigenvalue weighted by Crippen LogP contribution is 2.31. The lowest BCUT2D eigenvalue weighted by molar-refractivity contribution is 0.0701. The van der Waals surface area contributed by atoms with E-state index in [4.69, 9.17) is 9.72 Å². The highest BCUT2D eigenvalue weighted by atomic mass is 16.6. The Morgan fingerprint density at radius 2 is 1.80 bits per heavy atom. The number of imidazole rings is 1. The molecule has 3 aromatic rings. The maximum Gasteiger partial charge on any atom is 0.410 e. The van der Waals surface area contributed by atoms with Crippen molar-refractivity contribution in [1.29, 1.82) is 0 Å². The average molecular weight is 404 g/mol. The number of ether oxygens (including phenoxy) is 1. The molecule has 1 aromatic heterocycles. The first-order chi connectivity index (χ1) is 14.8. The van der Waals surface area contributed by atoms with E-state index in [-0.39, 0.29) is 12.1 Å². The maximum absolute atomic E-state index is 12.6. The fraction of sp³-hybridized carbons (Fsp3) is 0.360. The SMILES string of the molecule is CCCCOC(=O)N1CCCCC1c1nc(-c2ccc(-c3ccccc3)cc2)c[nH]1. The van der Waals surface area contributed by atoms with Crippen molar-refractivity contribution in [2.75, 3.05) is 13.2 Å². The molecule has 2 heterocycles. The smallest absolute Gasteiger partial charge is 0.410 e. The first-order valence-corrected chi connectivity index (χ1v) is 10.9. The molecule has 30 heavy (non-hydrogen) atoms. The van der Waals surface area contributed by atoms with Crippen LogP contribution < -0.4 is 0 Å². The highest BCUT2D eigenvalue weighted by Gasteiger charge is 2.31. The number of hydrogen-bond acceptors (Lipinski definition) is 3. The molecule has 2 aromatic carbocycles. The van der Waals surface area contributed by atoms with E-state index >= 15 is 0 Å². The van der Waals surface area contributed by atoms with E-state index in [1.165, 1.54) is 11.1 Å². The molecule has 1 N–H and O–H groups in total. The minimum atomic E-state index is -0.224. The molecule has 156 valence electrons. The zero-order chi connectivity index (χ0) is 20.8. The summed E-state index contributed by atoms with van der Waals surface area (Å²) in [4.78, 5) is 22.5. The summed E-state index contributed by atoms with van der Waals surface area (Å²) in [5.41, 5.74) is 4.34. The molecule has 1 fully saturated rings. The summed E-state index contributed by atoms with van der Waals surface area (Å²) in [7, 11) is 0. The quantitative estimate of drug-likeness (QED) is 0.498. The Bertz CT molecular complexity index is 950. The van der Waals surface area contributed by atoms with Crippen LogP contribution >= 0.6 is 0 Å². The van der Waals surface area contributed by atoms with Crippen LogP contribution in [0.15, 0.2) is 60.8 Å². The van der Waals surface area contributed by atoms with Crippen LogP contribution in [0.2, 0.25) is 0 Å². The number of carbonyl (C=O) groups is 1. The fourth-order valence-electron chi connectivity index (χ4n) is 3.94. The summed E-state index contributed by atoms with van der Waals surface area (Å²) in [6.45, 7) is 3.29. The maximum atomic E-state index is 12.6. The molecule has 5 nitrogen and oxygen atoms in total. The molecular formula is C25H29N3O2. The summed E-state index contributed by atoms with van der Waals surface area (Å²) in [5.74, 6) is 0.837. The molecule has 1 aliphatic heterocycles. The minimum Gasteiger partial charge on any atom is -0.449 e. The van der Waals surface area contributed by atoms with Crippen molar-refractivity contribution in [3.63, 3.8) is 0 Å². The number of H-pyrrole nitrogens is 1. The Morgan fingerprint density at radius 3 is 2.57 bits per heavy atom. The number of nitrogens with zero attached hydrogens (tertiary/aromatic N) is 2. The molecule has 0 bridgehead atoms. The molecule has 5 heteroatoms. The van der Waals surface area contributed by atoms with Crippen LogP contribution in [0.25, 0.3) is 22.4 Å². The van der Waals surface area contributed by atoms with Crippen LogP contribution in [0, 0.1) is 0 Å². The van der Waals surface area contributed by atoms with E-state index in [0.29, 0.717) is 6.61 Å². The third-order valence-electron chi connectivity index (χ3n) is 5.66. The normalized spacial score (nSPS) is 16.4. The first-order valence-electron chi connectivity index (χ1n) is 10.9. The molecule has 0 spiro atoms. The highest BCUT2D eigenvalue weighted by molar-refractivity contribution is 5.69. The number of unbranched alkanes of at least 4 members (excludes halogenated alkanes) is 1. The van der Waals surface area contributed by atoms with E-state index in [9.17, 15) is 4.79 Å². The van der Waals surface area contributed by atoms with Gasteiger partial charge in [-0.05, 0) is 36.8 Å². The number of likely N-dealkylation sites (tertiary alicyclic amines) is 1. The van der Waals surface area contributed by atoms with E-state index in [1.807, 2.05) is 29.3 Å². The monoisotopic (exact) mass is 403 g/mol. The van der Waals surface area contributed by atoms with Crippen molar-refractivity contribution >= 4 is 6.09 Å². The van der Waals surface area contributed by atoms with Gasteiger partial charge in [-0.3, -0.25) is 4.90 Å². The van der Waals surface area contributed by atoms with Crippen molar-refractivity contribution in [2.24, 2.45) is 0 Å². The minimum absolute atomic E-state index is 0.0507. The standard InChI is InChI=1S/C25H29N3O2/c1-2-3-17-30-25(29)28-16-8-7-11-23(28)24-26-18-22(27-24)21-14-12-20(13-15-21)19-9-5-4-6-10-19/h4-6,9-10,12-15,18,23H,2-3,7-8,11,16-17H2,1H3,(H,26,27). The van der Waals surface area contributed by atoms with Gasteiger partial charge in [0.25, 0.3) is 0 Å². The van der Waals surface area contributed by atoms with Crippen molar-refractivity contribution < 1.29 is 9.53 Å². The van der Waals surface area contributed by atoms with E-state index in [2.05, 4.69) is 48.3 Å². The zero-order valence-corrected chi connectivity index (χ0v) is 17.5. The van der Waals surface area contributed by atoms with Gasteiger partial charge in [-0.25, -0.2) is 9.78 Å². The average Bonchev–Trinajstić information content (AvgIpc) is 3.30. The molecule has 0 aliphatic carbocycles. The lowest BCUT2D eigenvalue weighted by Gasteiger charge is -2.33. The number of rotatable bonds is 6. The van der Waals surface area contributed by atoms with Gasteiger partial charge in [0.2, 0.25) is 0 Å². The number of aromatic amines is 1. The number of amides is 1. The molecular weight excluding hydrogens is 374 g/mol. The van der Waals surface area contributed by atoms with E-state index in [0.717, 1.165) is 55.7 Å². The van der Waals surface area contributed by atoms with Crippen molar-refractivity contribution in [3.05, 3.63) is 66.6 Å². The van der Waals surface area contributed by atoms with Crippen LogP contribution in [0.3, 0.4) is 0 Å². The van der Waals surface area contributed by atoms with Gasteiger partial charge in [-0.1, -0.05) is 67.9 Å². The summed E-state index contributed by atoms with van der Waals surface area (Å²) in [6.07, 6.45) is 6.62. The van der Waals surface area contributed by atoms with Crippen LogP contribution in [0.5, 0.6) is 0 Å². The van der Waals surface area contributed by atoms with Crippen LogP contribution in [0.1, 0.15) is 50.9 Å². The summed E-state index contributed by atoms with van der Waals surface area (Å²) in [5, 5.41) is 0. The Kier molecular flexibility index (Phi) is 6.47. The van der Waals surface area contributed by atoms with Gasteiger partial charge >= 0.3 is 6.09 Å². The van der Waals surface area contributed by atoms with Crippen LogP contribution in [-0.2, 0) is 4.74 Å². The van der Waals surface area contributed by atoms with Gasteiger partial charge in [0.05, 0.1) is 18.3 Å².